The number of hydrogen-bond donors (Lipinski definition) is 2. The molecule has 6 nitrogen and oxygen atoms in total. The summed E-state index contributed by atoms with van der Waals surface area (Å²) in [7, 11) is 0. The summed E-state index contributed by atoms with van der Waals surface area (Å²) in [5, 5.41) is 13.7. The Bertz CT molecular complexity index is 690. The van der Waals surface area contributed by atoms with Crippen LogP contribution in [0.1, 0.15) is 22.8 Å². The zero-order valence-electron chi connectivity index (χ0n) is 11.8. The van der Waals surface area contributed by atoms with E-state index in [0.717, 1.165) is 0 Å². The van der Waals surface area contributed by atoms with E-state index in [0.29, 0.717) is 28.0 Å². The van der Waals surface area contributed by atoms with E-state index in [9.17, 15) is 9.90 Å². The summed E-state index contributed by atoms with van der Waals surface area (Å²) in [6, 6.07) is 6.60. The second-order valence-corrected chi connectivity index (χ2v) is 5.08. The summed E-state index contributed by atoms with van der Waals surface area (Å²) in [4.78, 5) is 15.6. The van der Waals surface area contributed by atoms with Gasteiger partial charge < -0.3 is 9.84 Å². The van der Waals surface area contributed by atoms with Gasteiger partial charge in [0.1, 0.15) is 0 Å². The molecule has 0 radical (unpaired) electrons. The lowest BCUT2D eigenvalue weighted by molar-refractivity contribution is 0.0955. The molecule has 1 aromatic carbocycles. The number of amides is 1. The molecule has 114 valence electrons. The minimum absolute atomic E-state index is 0.0263. The molecule has 2 N–H and O–H groups in total. The average Bonchev–Trinajstić information content (AvgIpc) is 2.53. The van der Waals surface area contributed by atoms with Gasteiger partial charge in [-0.25, -0.2) is 5.43 Å². The monoisotopic (exact) mass is 363 g/mol. The second-order valence-electron chi connectivity index (χ2n) is 4.22. The fraction of sp³-hybridized carbons (Fsp3) is 0.133. The largest absolute Gasteiger partial charge is 0.503 e. The number of nitrogens with zero attached hydrogens (tertiary/aromatic N) is 2. The molecule has 1 aromatic heterocycles. The lowest BCUT2D eigenvalue weighted by Gasteiger charge is -2.08. The molecule has 0 aliphatic heterocycles. The van der Waals surface area contributed by atoms with Crippen LogP contribution in [0.2, 0.25) is 0 Å². The number of phenols is 1. The molecule has 0 saturated carbocycles. The lowest BCUT2D eigenvalue weighted by atomic mass is 10.2. The fourth-order valence-electron chi connectivity index (χ4n) is 1.66. The molecule has 0 atom stereocenters. The smallest absolute Gasteiger partial charge is 0.272 e. The quantitative estimate of drug-likeness (QED) is 0.631. The van der Waals surface area contributed by atoms with Crippen molar-refractivity contribution < 1.29 is 14.6 Å². The maximum atomic E-state index is 11.8. The normalized spacial score (nSPS) is 10.6. The van der Waals surface area contributed by atoms with Crippen molar-refractivity contribution in [1.29, 1.82) is 0 Å². The topological polar surface area (TPSA) is 83.8 Å². The Labute approximate surface area is 136 Å². The highest BCUT2D eigenvalue weighted by molar-refractivity contribution is 9.10. The Morgan fingerprint density at radius 1 is 1.55 bits per heavy atom. The lowest BCUT2D eigenvalue weighted by Crippen LogP contribution is -2.17. The van der Waals surface area contributed by atoms with Crippen molar-refractivity contribution in [3.8, 4) is 11.5 Å². The van der Waals surface area contributed by atoms with Crippen molar-refractivity contribution in [1.82, 2.24) is 10.4 Å². The van der Waals surface area contributed by atoms with Gasteiger partial charge in [0.15, 0.2) is 11.5 Å². The van der Waals surface area contributed by atoms with E-state index in [1.807, 2.05) is 6.92 Å². The third-order valence-corrected chi connectivity index (χ3v) is 3.26. The minimum Gasteiger partial charge on any atom is -0.503 e. The number of benzene rings is 1. The third kappa shape index (κ3) is 4.05. The van der Waals surface area contributed by atoms with Crippen LogP contribution in [0.15, 0.2) is 46.2 Å². The summed E-state index contributed by atoms with van der Waals surface area (Å²) in [5.74, 6) is 0.0162. The molecular weight excluding hydrogens is 350 g/mol. The molecule has 0 saturated heterocycles. The van der Waals surface area contributed by atoms with E-state index in [1.165, 1.54) is 12.4 Å². The van der Waals surface area contributed by atoms with Crippen molar-refractivity contribution in [2.24, 2.45) is 5.10 Å². The van der Waals surface area contributed by atoms with Crippen molar-refractivity contribution in [3.05, 3.63) is 52.3 Å². The molecule has 0 unspecified atom stereocenters. The van der Waals surface area contributed by atoms with Crippen LogP contribution >= 0.6 is 15.9 Å². The van der Waals surface area contributed by atoms with Crippen LogP contribution in [0, 0.1) is 0 Å². The van der Waals surface area contributed by atoms with E-state index in [-0.39, 0.29) is 11.7 Å². The molecule has 2 aromatic rings. The fourth-order valence-corrected chi connectivity index (χ4v) is 2.12. The van der Waals surface area contributed by atoms with E-state index in [4.69, 9.17) is 4.74 Å². The Kier molecular flexibility index (Phi) is 5.48. The van der Waals surface area contributed by atoms with Gasteiger partial charge in [0, 0.05) is 12.4 Å². The Balaban J connectivity index is 2.09. The SMILES string of the molecule is CCOc1cc(C=NNC(=O)c2cccnc2)cc(Br)c1O. The Hall–Kier alpha value is -2.41. The summed E-state index contributed by atoms with van der Waals surface area (Å²) >= 11 is 3.24. The molecular formula is C15H14BrN3O3. The first-order chi connectivity index (χ1) is 10.6. The molecule has 0 bridgehead atoms. The van der Waals surface area contributed by atoms with Crippen LogP contribution in [0.3, 0.4) is 0 Å². The van der Waals surface area contributed by atoms with E-state index < -0.39 is 0 Å². The summed E-state index contributed by atoms with van der Waals surface area (Å²) in [5.41, 5.74) is 3.49. The van der Waals surface area contributed by atoms with Crippen LogP contribution in [0.25, 0.3) is 0 Å². The van der Waals surface area contributed by atoms with E-state index in [2.05, 4.69) is 31.4 Å². The molecule has 0 aliphatic rings. The molecule has 0 aliphatic carbocycles. The molecule has 1 heterocycles. The highest BCUT2D eigenvalue weighted by Crippen LogP contribution is 2.34. The van der Waals surface area contributed by atoms with Gasteiger partial charge in [-0.1, -0.05) is 0 Å². The number of ether oxygens (including phenoxy) is 1. The zero-order valence-corrected chi connectivity index (χ0v) is 13.4. The highest BCUT2D eigenvalue weighted by Gasteiger charge is 2.08. The number of nitrogens with one attached hydrogen (secondary N) is 1. The second kappa shape index (κ2) is 7.56. The predicted molar refractivity (Wildman–Crippen MR) is 86.3 cm³/mol. The van der Waals surface area contributed by atoms with Crippen LogP contribution in [-0.4, -0.2) is 28.8 Å². The van der Waals surface area contributed by atoms with Crippen LogP contribution in [-0.2, 0) is 0 Å². The van der Waals surface area contributed by atoms with E-state index >= 15 is 0 Å². The van der Waals surface area contributed by atoms with E-state index in [1.54, 1.807) is 30.5 Å². The number of carbonyl (C=O) groups is 1. The molecule has 0 fully saturated rings. The van der Waals surface area contributed by atoms with Crippen molar-refractivity contribution in [2.45, 2.75) is 6.92 Å². The number of rotatable bonds is 5. The van der Waals surface area contributed by atoms with Gasteiger partial charge in [-0.3, -0.25) is 9.78 Å². The number of hydrogen-bond acceptors (Lipinski definition) is 5. The van der Waals surface area contributed by atoms with Crippen molar-refractivity contribution >= 4 is 28.1 Å². The van der Waals surface area contributed by atoms with Crippen molar-refractivity contribution in [3.63, 3.8) is 0 Å². The van der Waals surface area contributed by atoms with Crippen LogP contribution in [0.4, 0.5) is 0 Å². The number of aromatic hydroxyl groups is 1. The molecule has 1 amide bonds. The van der Waals surface area contributed by atoms with Gasteiger partial charge in [0.05, 0.1) is 22.9 Å². The molecule has 2 rings (SSSR count). The number of pyridine rings is 1. The molecule has 7 heteroatoms. The standard InChI is InChI=1S/C15H14BrN3O3/c1-2-22-13-7-10(6-12(16)14(13)20)8-18-19-15(21)11-4-3-5-17-9-11/h3-9,20H,2H2,1H3,(H,19,21). The zero-order chi connectivity index (χ0) is 15.9. The highest BCUT2D eigenvalue weighted by atomic mass is 79.9. The number of hydrazone groups is 1. The minimum atomic E-state index is -0.354. The van der Waals surface area contributed by atoms with Gasteiger partial charge in [-0.2, -0.15) is 5.10 Å². The number of aromatic nitrogens is 1. The third-order valence-electron chi connectivity index (χ3n) is 2.65. The van der Waals surface area contributed by atoms with Gasteiger partial charge in [0.2, 0.25) is 0 Å². The Morgan fingerprint density at radius 3 is 3.05 bits per heavy atom. The maximum Gasteiger partial charge on any atom is 0.272 e. The number of halogens is 1. The maximum absolute atomic E-state index is 11.8. The summed E-state index contributed by atoms with van der Waals surface area (Å²) < 4.78 is 5.80. The summed E-state index contributed by atoms with van der Waals surface area (Å²) in [6.07, 6.45) is 4.50. The Morgan fingerprint density at radius 2 is 2.36 bits per heavy atom. The number of phenolic OH excluding ortho intramolecular Hbond substituents is 1. The van der Waals surface area contributed by atoms with Gasteiger partial charge in [-0.05, 0) is 52.7 Å². The van der Waals surface area contributed by atoms with Crippen molar-refractivity contribution in [2.75, 3.05) is 6.61 Å². The van der Waals surface area contributed by atoms with Gasteiger partial charge in [0.25, 0.3) is 5.91 Å². The van der Waals surface area contributed by atoms with Gasteiger partial charge >= 0.3 is 0 Å². The summed E-state index contributed by atoms with van der Waals surface area (Å²) in [6.45, 7) is 2.25. The first kappa shape index (κ1) is 16.0. The van der Waals surface area contributed by atoms with Crippen LogP contribution in [0.5, 0.6) is 11.5 Å². The average molecular weight is 364 g/mol. The predicted octanol–water partition coefficient (Wildman–Crippen LogP) is 2.71. The molecule has 0 spiro atoms. The van der Waals surface area contributed by atoms with Gasteiger partial charge in [-0.15, -0.1) is 0 Å². The first-order valence-electron chi connectivity index (χ1n) is 6.50. The van der Waals surface area contributed by atoms with Crippen LogP contribution < -0.4 is 10.2 Å². The number of carbonyl (C=O) groups excluding carboxylic acids is 1. The molecule has 22 heavy (non-hydrogen) atoms. The first-order valence-corrected chi connectivity index (χ1v) is 7.30.